The molecule has 6 nitrogen and oxygen atoms in total. The van der Waals surface area contributed by atoms with Crippen LogP contribution < -0.4 is 10.1 Å². The van der Waals surface area contributed by atoms with E-state index in [1.54, 1.807) is 25.3 Å². The zero-order valence-electron chi connectivity index (χ0n) is 15.7. The van der Waals surface area contributed by atoms with Gasteiger partial charge in [-0.2, -0.15) is 4.31 Å². The molecule has 0 aliphatic carbocycles. The summed E-state index contributed by atoms with van der Waals surface area (Å²) in [6.45, 7) is 3.45. The predicted molar refractivity (Wildman–Crippen MR) is 108 cm³/mol. The van der Waals surface area contributed by atoms with Crippen LogP contribution in [0.25, 0.3) is 0 Å². The Labute approximate surface area is 168 Å². The van der Waals surface area contributed by atoms with Gasteiger partial charge in [0.25, 0.3) is 0 Å². The van der Waals surface area contributed by atoms with Gasteiger partial charge < -0.3 is 10.1 Å². The molecule has 8 heteroatoms. The molecule has 1 atom stereocenters. The number of aryl methyl sites for hydroxylation is 1. The number of ether oxygens (including phenoxy) is 1. The normalized spacial score (nSPS) is 12.7. The lowest BCUT2D eigenvalue weighted by molar-refractivity contribution is -0.121. The van der Waals surface area contributed by atoms with Gasteiger partial charge in [0, 0.05) is 7.05 Å². The molecule has 0 spiro atoms. The lowest BCUT2D eigenvalue weighted by Crippen LogP contribution is -2.39. The average Bonchev–Trinajstić information content (AvgIpc) is 2.61. The highest BCUT2D eigenvalue weighted by molar-refractivity contribution is 9.10. The molecule has 0 heterocycles. The monoisotopic (exact) mass is 454 g/mol. The first-order chi connectivity index (χ1) is 12.6. The SMILES string of the molecule is COc1ccc(C(C)NC(=O)CN(C)S(=O)(=O)c2ccc(C)cc2)cc1Br. The van der Waals surface area contributed by atoms with Crippen molar-refractivity contribution < 1.29 is 17.9 Å². The Morgan fingerprint density at radius 2 is 1.85 bits per heavy atom. The van der Waals surface area contributed by atoms with Gasteiger partial charge in [-0.1, -0.05) is 23.8 Å². The summed E-state index contributed by atoms with van der Waals surface area (Å²) in [6, 6.07) is 11.8. The summed E-state index contributed by atoms with van der Waals surface area (Å²) < 4.78 is 32.2. The fourth-order valence-corrected chi connectivity index (χ4v) is 4.19. The number of hydrogen-bond donors (Lipinski definition) is 1. The summed E-state index contributed by atoms with van der Waals surface area (Å²) >= 11 is 3.41. The molecule has 146 valence electrons. The maximum atomic E-state index is 12.6. The van der Waals surface area contributed by atoms with Gasteiger partial charge in [-0.15, -0.1) is 0 Å². The quantitative estimate of drug-likeness (QED) is 0.696. The van der Waals surface area contributed by atoms with Crippen molar-refractivity contribution in [1.29, 1.82) is 0 Å². The van der Waals surface area contributed by atoms with Crippen molar-refractivity contribution in [2.45, 2.75) is 24.8 Å². The molecule has 27 heavy (non-hydrogen) atoms. The van der Waals surface area contributed by atoms with Crippen LogP contribution in [0.2, 0.25) is 0 Å². The second-order valence-electron chi connectivity index (χ2n) is 6.26. The Bertz CT molecular complexity index is 914. The summed E-state index contributed by atoms with van der Waals surface area (Å²) in [7, 11) is -0.748. The van der Waals surface area contributed by atoms with E-state index in [-0.39, 0.29) is 23.4 Å². The van der Waals surface area contributed by atoms with Crippen LogP contribution in [0.1, 0.15) is 24.1 Å². The first kappa shape index (κ1) is 21.4. The Morgan fingerprint density at radius 3 is 2.41 bits per heavy atom. The topological polar surface area (TPSA) is 75.7 Å². The van der Waals surface area contributed by atoms with Gasteiger partial charge in [0.05, 0.1) is 29.1 Å². The first-order valence-corrected chi connectivity index (χ1v) is 10.5. The van der Waals surface area contributed by atoms with Gasteiger partial charge in [0.15, 0.2) is 0 Å². The summed E-state index contributed by atoms with van der Waals surface area (Å²) in [5.74, 6) is 0.314. The van der Waals surface area contributed by atoms with Gasteiger partial charge >= 0.3 is 0 Å². The van der Waals surface area contributed by atoms with E-state index in [2.05, 4.69) is 21.2 Å². The van der Waals surface area contributed by atoms with Crippen molar-refractivity contribution in [3.63, 3.8) is 0 Å². The average molecular weight is 455 g/mol. The molecule has 1 unspecified atom stereocenters. The summed E-state index contributed by atoms with van der Waals surface area (Å²) in [6.07, 6.45) is 0. The minimum Gasteiger partial charge on any atom is -0.496 e. The van der Waals surface area contributed by atoms with E-state index >= 15 is 0 Å². The van der Waals surface area contributed by atoms with Crippen molar-refractivity contribution in [1.82, 2.24) is 9.62 Å². The van der Waals surface area contributed by atoms with E-state index in [0.717, 1.165) is 19.9 Å². The number of likely N-dealkylation sites (N-methyl/N-ethyl adjacent to an activating group) is 1. The smallest absolute Gasteiger partial charge is 0.243 e. The van der Waals surface area contributed by atoms with Crippen LogP contribution in [0.15, 0.2) is 51.8 Å². The lowest BCUT2D eigenvalue weighted by atomic mass is 10.1. The molecule has 1 amide bonds. The largest absolute Gasteiger partial charge is 0.496 e. The highest BCUT2D eigenvalue weighted by atomic mass is 79.9. The van der Waals surface area contributed by atoms with E-state index in [9.17, 15) is 13.2 Å². The predicted octanol–water partition coefficient (Wildman–Crippen LogP) is 3.26. The van der Waals surface area contributed by atoms with Gasteiger partial charge in [0.2, 0.25) is 15.9 Å². The number of rotatable bonds is 7. The fraction of sp³-hybridized carbons (Fsp3) is 0.316. The summed E-state index contributed by atoms with van der Waals surface area (Å²) in [4.78, 5) is 12.5. The summed E-state index contributed by atoms with van der Waals surface area (Å²) in [5.41, 5.74) is 1.84. The maximum absolute atomic E-state index is 12.6. The van der Waals surface area contributed by atoms with Gasteiger partial charge in [-0.25, -0.2) is 8.42 Å². The van der Waals surface area contributed by atoms with Crippen molar-refractivity contribution in [3.8, 4) is 5.75 Å². The molecule has 0 radical (unpaired) electrons. The molecule has 0 aromatic heterocycles. The molecular weight excluding hydrogens is 432 g/mol. The molecular formula is C19H23BrN2O4S. The number of hydrogen-bond acceptors (Lipinski definition) is 4. The zero-order chi connectivity index (χ0) is 20.2. The minimum atomic E-state index is -3.72. The number of benzene rings is 2. The van der Waals surface area contributed by atoms with E-state index in [1.165, 1.54) is 19.2 Å². The molecule has 2 aromatic carbocycles. The zero-order valence-corrected chi connectivity index (χ0v) is 18.1. The Balaban J connectivity index is 2.03. The third-order valence-corrected chi connectivity index (χ3v) is 6.59. The van der Waals surface area contributed by atoms with Crippen LogP contribution >= 0.6 is 15.9 Å². The Hall–Kier alpha value is -1.90. The van der Waals surface area contributed by atoms with Crippen LogP contribution in [0, 0.1) is 6.92 Å². The second-order valence-corrected chi connectivity index (χ2v) is 9.16. The number of carbonyl (C=O) groups is 1. The number of nitrogens with zero attached hydrogens (tertiary/aromatic N) is 1. The third kappa shape index (κ3) is 5.31. The van der Waals surface area contributed by atoms with Crippen LogP contribution in [0.3, 0.4) is 0 Å². The van der Waals surface area contributed by atoms with E-state index in [1.807, 2.05) is 26.0 Å². The number of sulfonamides is 1. The Kier molecular flexibility index (Phi) is 7.02. The Morgan fingerprint density at radius 1 is 1.22 bits per heavy atom. The summed E-state index contributed by atoms with van der Waals surface area (Å²) in [5, 5.41) is 2.82. The van der Waals surface area contributed by atoms with Gasteiger partial charge in [-0.05, 0) is 59.6 Å². The van der Waals surface area contributed by atoms with Crippen LogP contribution in [-0.2, 0) is 14.8 Å². The third-order valence-electron chi connectivity index (χ3n) is 4.15. The second kappa shape index (κ2) is 8.86. The standard InChI is InChI=1S/C19H23BrN2O4S/c1-13-5-8-16(9-6-13)27(24,25)22(3)12-19(23)21-14(2)15-7-10-18(26-4)17(20)11-15/h5-11,14H,12H2,1-4H3,(H,21,23). The van der Waals surface area contributed by atoms with Crippen molar-refractivity contribution in [2.75, 3.05) is 20.7 Å². The van der Waals surface area contributed by atoms with E-state index in [0.29, 0.717) is 5.75 Å². The van der Waals surface area contributed by atoms with Crippen molar-refractivity contribution in [3.05, 3.63) is 58.1 Å². The first-order valence-electron chi connectivity index (χ1n) is 8.31. The molecule has 0 saturated carbocycles. The molecule has 0 aliphatic heterocycles. The number of halogens is 1. The number of methoxy groups -OCH3 is 1. The van der Waals surface area contributed by atoms with E-state index < -0.39 is 10.0 Å². The van der Waals surface area contributed by atoms with Crippen molar-refractivity contribution in [2.24, 2.45) is 0 Å². The number of amides is 1. The molecule has 1 N–H and O–H groups in total. The highest BCUT2D eigenvalue weighted by Gasteiger charge is 2.23. The van der Waals surface area contributed by atoms with Crippen molar-refractivity contribution >= 4 is 31.9 Å². The fourth-order valence-electron chi connectivity index (χ4n) is 2.50. The lowest BCUT2D eigenvalue weighted by Gasteiger charge is -2.20. The molecule has 2 rings (SSSR count). The van der Waals surface area contributed by atoms with Gasteiger partial charge in [-0.3, -0.25) is 4.79 Å². The minimum absolute atomic E-state index is 0.163. The molecule has 0 saturated heterocycles. The highest BCUT2D eigenvalue weighted by Crippen LogP contribution is 2.28. The van der Waals surface area contributed by atoms with E-state index in [4.69, 9.17) is 4.74 Å². The van der Waals surface area contributed by atoms with Crippen LogP contribution in [0.4, 0.5) is 0 Å². The van der Waals surface area contributed by atoms with Crippen LogP contribution in [0.5, 0.6) is 5.75 Å². The molecule has 0 aliphatic rings. The maximum Gasteiger partial charge on any atom is 0.243 e. The molecule has 0 bridgehead atoms. The number of nitrogens with one attached hydrogen (secondary N) is 1. The van der Waals surface area contributed by atoms with Crippen LogP contribution in [-0.4, -0.2) is 39.3 Å². The molecule has 0 fully saturated rings. The van der Waals surface area contributed by atoms with Gasteiger partial charge in [0.1, 0.15) is 5.75 Å². The molecule has 2 aromatic rings. The number of carbonyl (C=O) groups excluding carboxylic acids is 1.